The van der Waals surface area contributed by atoms with Crippen LogP contribution in [0.25, 0.3) is 0 Å². The van der Waals surface area contributed by atoms with E-state index in [1.807, 2.05) is 26.8 Å². The second-order valence-electron chi connectivity index (χ2n) is 6.35. The van der Waals surface area contributed by atoms with Crippen molar-refractivity contribution in [3.63, 3.8) is 0 Å². The summed E-state index contributed by atoms with van der Waals surface area (Å²) in [6, 6.07) is 9.36. The first-order valence-electron chi connectivity index (χ1n) is 9.00. The summed E-state index contributed by atoms with van der Waals surface area (Å²) < 4.78 is 33.2. The van der Waals surface area contributed by atoms with Crippen LogP contribution in [0.1, 0.15) is 34.8 Å². The number of hydrogen-bond donors (Lipinski definition) is 2. The molecule has 6 nitrogen and oxygen atoms in total. The second-order valence-corrected chi connectivity index (χ2v) is 8.44. The van der Waals surface area contributed by atoms with Crippen molar-refractivity contribution in [3.8, 4) is 0 Å². The summed E-state index contributed by atoms with van der Waals surface area (Å²) in [6.07, 6.45) is 0.656. The molecule has 0 atom stereocenters. The Kier molecular flexibility index (Phi) is 7.86. The van der Waals surface area contributed by atoms with E-state index in [-0.39, 0.29) is 15.5 Å². The van der Waals surface area contributed by atoms with E-state index in [1.54, 1.807) is 12.1 Å². The fraction of sp³-hybridized carbons (Fsp3) is 0.350. The normalized spacial score (nSPS) is 11.3. The molecular weight excluding hydrogens is 400 g/mol. The lowest BCUT2D eigenvalue weighted by Crippen LogP contribution is -2.26. The summed E-state index contributed by atoms with van der Waals surface area (Å²) in [5, 5.41) is 2.91. The molecule has 0 saturated carbocycles. The third kappa shape index (κ3) is 5.95. The Morgan fingerprint density at radius 1 is 1.11 bits per heavy atom. The molecule has 0 unspecified atom stereocenters. The van der Waals surface area contributed by atoms with Gasteiger partial charge < -0.3 is 10.1 Å². The van der Waals surface area contributed by atoms with E-state index in [1.165, 1.54) is 18.2 Å². The highest BCUT2D eigenvalue weighted by Crippen LogP contribution is 2.23. The van der Waals surface area contributed by atoms with Gasteiger partial charge in [-0.1, -0.05) is 17.7 Å². The van der Waals surface area contributed by atoms with E-state index in [2.05, 4.69) is 10.0 Å². The lowest BCUT2D eigenvalue weighted by molar-refractivity contribution is 0.0944. The minimum absolute atomic E-state index is 0.0328. The average molecular weight is 425 g/mol. The molecule has 2 aromatic carbocycles. The summed E-state index contributed by atoms with van der Waals surface area (Å²) >= 11 is 6.10. The standard InChI is InChI=1S/C20H25ClN2O4S/c1-4-27-11-5-10-22-20(24)18-13-17(8-9-19(18)21)28(25,26)23-16-7-6-14(2)15(3)12-16/h6-9,12-13,23H,4-5,10-11H2,1-3H3,(H,22,24). The van der Waals surface area contributed by atoms with Gasteiger partial charge in [-0.3, -0.25) is 9.52 Å². The molecule has 2 N–H and O–H groups in total. The largest absolute Gasteiger partial charge is 0.382 e. The monoisotopic (exact) mass is 424 g/mol. The lowest BCUT2D eigenvalue weighted by Gasteiger charge is -2.12. The van der Waals surface area contributed by atoms with Crippen LogP contribution in [0, 0.1) is 13.8 Å². The lowest BCUT2D eigenvalue weighted by atomic mass is 10.1. The average Bonchev–Trinajstić information content (AvgIpc) is 2.64. The van der Waals surface area contributed by atoms with Crippen molar-refractivity contribution in [2.75, 3.05) is 24.5 Å². The highest BCUT2D eigenvalue weighted by molar-refractivity contribution is 7.92. The first kappa shape index (κ1) is 22.2. The van der Waals surface area contributed by atoms with Gasteiger partial charge in [0.15, 0.2) is 0 Å². The number of carbonyl (C=O) groups excluding carboxylic acids is 1. The van der Waals surface area contributed by atoms with Gasteiger partial charge in [-0.05, 0) is 68.7 Å². The third-order valence-corrected chi connectivity index (χ3v) is 5.92. The summed E-state index contributed by atoms with van der Waals surface area (Å²) in [7, 11) is -3.86. The van der Waals surface area contributed by atoms with Gasteiger partial charge in [0.2, 0.25) is 0 Å². The van der Waals surface area contributed by atoms with E-state index in [4.69, 9.17) is 16.3 Å². The highest BCUT2D eigenvalue weighted by atomic mass is 35.5. The zero-order chi connectivity index (χ0) is 20.7. The molecule has 0 aromatic heterocycles. The minimum atomic E-state index is -3.86. The summed E-state index contributed by atoms with van der Waals surface area (Å²) in [6.45, 7) is 7.32. The van der Waals surface area contributed by atoms with Crippen LogP contribution in [-0.4, -0.2) is 34.1 Å². The van der Waals surface area contributed by atoms with Crippen molar-refractivity contribution in [1.29, 1.82) is 0 Å². The number of rotatable bonds is 9. The maximum absolute atomic E-state index is 12.7. The molecule has 0 aliphatic rings. The molecule has 0 aliphatic heterocycles. The molecular formula is C20H25ClN2O4S. The quantitative estimate of drug-likeness (QED) is 0.597. The van der Waals surface area contributed by atoms with Crippen molar-refractivity contribution >= 4 is 33.2 Å². The molecule has 0 heterocycles. The number of amides is 1. The smallest absolute Gasteiger partial charge is 0.261 e. The maximum atomic E-state index is 12.7. The summed E-state index contributed by atoms with van der Waals surface area (Å²) in [4.78, 5) is 12.3. The first-order valence-corrected chi connectivity index (χ1v) is 10.9. The highest BCUT2D eigenvalue weighted by Gasteiger charge is 2.19. The Labute approximate surface area is 171 Å². The molecule has 152 valence electrons. The molecule has 28 heavy (non-hydrogen) atoms. The van der Waals surface area contributed by atoms with Crippen LogP contribution in [0.15, 0.2) is 41.3 Å². The molecule has 0 bridgehead atoms. The number of nitrogens with one attached hydrogen (secondary N) is 2. The van der Waals surface area contributed by atoms with Gasteiger partial charge in [0.1, 0.15) is 0 Å². The number of hydrogen-bond acceptors (Lipinski definition) is 4. The van der Waals surface area contributed by atoms with Crippen LogP contribution < -0.4 is 10.0 Å². The third-order valence-electron chi connectivity index (χ3n) is 4.21. The van der Waals surface area contributed by atoms with E-state index in [0.717, 1.165) is 11.1 Å². The van der Waals surface area contributed by atoms with Crippen LogP contribution in [0.3, 0.4) is 0 Å². The van der Waals surface area contributed by atoms with E-state index in [0.29, 0.717) is 31.9 Å². The maximum Gasteiger partial charge on any atom is 0.261 e. The number of halogens is 1. The zero-order valence-corrected chi connectivity index (χ0v) is 17.8. The Bertz CT molecular complexity index is 945. The number of anilines is 1. The number of benzene rings is 2. The number of sulfonamides is 1. The fourth-order valence-electron chi connectivity index (χ4n) is 2.48. The Balaban J connectivity index is 2.15. The topological polar surface area (TPSA) is 84.5 Å². The second kappa shape index (κ2) is 9.91. The van der Waals surface area contributed by atoms with Gasteiger partial charge in [0.05, 0.1) is 15.5 Å². The molecule has 2 rings (SSSR count). The van der Waals surface area contributed by atoms with Crippen LogP contribution in [0.5, 0.6) is 0 Å². The van der Waals surface area contributed by atoms with Crippen LogP contribution in [0.2, 0.25) is 5.02 Å². The van der Waals surface area contributed by atoms with Crippen molar-refractivity contribution in [2.45, 2.75) is 32.1 Å². The number of ether oxygens (including phenoxy) is 1. The number of carbonyl (C=O) groups is 1. The molecule has 0 aliphatic carbocycles. The molecule has 0 fully saturated rings. The molecule has 8 heteroatoms. The van der Waals surface area contributed by atoms with E-state index >= 15 is 0 Å². The molecule has 2 aromatic rings. The molecule has 1 amide bonds. The summed E-state index contributed by atoms with van der Waals surface area (Å²) in [5.74, 6) is -0.426. The molecule has 0 saturated heterocycles. The Morgan fingerprint density at radius 3 is 2.54 bits per heavy atom. The van der Waals surface area contributed by atoms with Gasteiger partial charge in [0, 0.05) is 25.4 Å². The van der Waals surface area contributed by atoms with E-state index in [9.17, 15) is 13.2 Å². The first-order chi connectivity index (χ1) is 13.2. The van der Waals surface area contributed by atoms with Crippen molar-refractivity contribution in [3.05, 3.63) is 58.1 Å². The predicted molar refractivity (Wildman–Crippen MR) is 112 cm³/mol. The summed E-state index contributed by atoms with van der Waals surface area (Å²) in [5.41, 5.74) is 2.61. The van der Waals surface area contributed by atoms with Gasteiger partial charge in [-0.15, -0.1) is 0 Å². The van der Waals surface area contributed by atoms with Crippen molar-refractivity contribution < 1.29 is 17.9 Å². The Morgan fingerprint density at radius 2 is 1.86 bits per heavy atom. The van der Waals surface area contributed by atoms with E-state index < -0.39 is 15.9 Å². The van der Waals surface area contributed by atoms with Gasteiger partial charge in [-0.2, -0.15) is 0 Å². The van der Waals surface area contributed by atoms with Crippen LogP contribution >= 0.6 is 11.6 Å². The number of aryl methyl sites for hydroxylation is 2. The Hall–Kier alpha value is -2.09. The van der Waals surface area contributed by atoms with Crippen LogP contribution in [-0.2, 0) is 14.8 Å². The van der Waals surface area contributed by atoms with Crippen molar-refractivity contribution in [2.24, 2.45) is 0 Å². The molecule has 0 spiro atoms. The van der Waals surface area contributed by atoms with Gasteiger partial charge in [-0.25, -0.2) is 8.42 Å². The van der Waals surface area contributed by atoms with Gasteiger partial charge in [0.25, 0.3) is 15.9 Å². The predicted octanol–water partition coefficient (Wildman–Crippen LogP) is 3.91. The fourth-order valence-corrected chi connectivity index (χ4v) is 3.76. The van der Waals surface area contributed by atoms with Gasteiger partial charge >= 0.3 is 0 Å². The zero-order valence-electron chi connectivity index (χ0n) is 16.2. The van der Waals surface area contributed by atoms with Crippen molar-refractivity contribution in [1.82, 2.24) is 5.32 Å². The van der Waals surface area contributed by atoms with Crippen LogP contribution in [0.4, 0.5) is 5.69 Å². The molecule has 0 radical (unpaired) electrons. The SMILES string of the molecule is CCOCCCNC(=O)c1cc(S(=O)(=O)Nc2ccc(C)c(C)c2)ccc1Cl. The minimum Gasteiger partial charge on any atom is -0.382 e.